The van der Waals surface area contributed by atoms with E-state index in [4.69, 9.17) is 4.74 Å². The van der Waals surface area contributed by atoms with E-state index in [-0.39, 0.29) is 12.5 Å². The molecule has 2 N–H and O–H groups in total. The predicted octanol–water partition coefficient (Wildman–Crippen LogP) is 2.96. The molecule has 126 valence electrons. The largest absolute Gasteiger partial charge is 0.483 e. The monoisotopic (exact) mass is 326 g/mol. The van der Waals surface area contributed by atoms with Gasteiger partial charge in [-0.25, -0.2) is 0 Å². The summed E-state index contributed by atoms with van der Waals surface area (Å²) in [7, 11) is 0. The molecule has 0 aliphatic rings. The molecule has 2 amide bonds. The van der Waals surface area contributed by atoms with Crippen LogP contribution in [0.25, 0.3) is 0 Å². The molecule has 0 aliphatic heterocycles. The summed E-state index contributed by atoms with van der Waals surface area (Å²) in [6.07, 6.45) is 0. The molecule has 5 nitrogen and oxygen atoms in total. The van der Waals surface area contributed by atoms with Crippen LogP contribution in [0.1, 0.15) is 41.3 Å². The highest BCUT2D eigenvalue weighted by Crippen LogP contribution is 2.16. The third-order valence-corrected chi connectivity index (χ3v) is 3.61. The predicted molar refractivity (Wildman–Crippen MR) is 92.8 cm³/mol. The zero-order chi connectivity index (χ0) is 17.5. The molecule has 5 heteroatoms. The zero-order valence-corrected chi connectivity index (χ0v) is 14.1. The summed E-state index contributed by atoms with van der Waals surface area (Å²) in [5, 5.41) is 0. The summed E-state index contributed by atoms with van der Waals surface area (Å²) in [5.74, 6) is 0.253. The second-order valence-corrected chi connectivity index (χ2v) is 5.83. The Hall–Kier alpha value is -2.82. The minimum atomic E-state index is -0.426. The lowest BCUT2D eigenvalue weighted by Crippen LogP contribution is -2.43. The van der Waals surface area contributed by atoms with Crippen LogP contribution in [0, 0.1) is 6.92 Å². The number of carbonyl (C=O) groups is 2. The number of hydrazine groups is 1. The van der Waals surface area contributed by atoms with Gasteiger partial charge in [0.25, 0.3) is 11.8 Å². The quantitative estimate of drug-likeness (QED) is 0.830. The Morgan fingerprint density at radius 3 is 2.29 bits per heavy atom. The van der Waals surface area contributed by atoms with E-state index in [1.807, 2.05) is 37.3 Å². The zero-order valence-electron chi connectivity index (χ0n) is 14.1. The van der Waals surface area contributed by atoms with Crippen molar-refractivity contribution in [1.82, 2.24) is 10.9 Å². The molecule has 0 heterocycles. The van der Waals surface area contributed by atoms with E-state index in [1.54, 1.807) is 18.2 Å². The van der Waals surface area contributed by atoms with Gasteiger partial charge in [-0.2, -0.15) is 0 Å². The van der Waals surface area contributed by atoms with E-state index in [9.17, 15) is 9.59 Å². The number of ether oxygens (including phenoxy) is 1. The Bertz CT molecular complexity index is 709. The molecule has 0 saturated heterocycles. The minimum Gasteiger partial charge on any atom is -0.483 e. The van der Waals surface area contributed by atoms with Crippen LogP contribution in [0.3, 0.4) is 0 Å². The highest BCUT2D eigenvalue weighted by atomic mass is 16.5. The number of rotatable bonds is 5. The lowest BCUT2D eigenvalue weighted by Gasteiger charge is -2.11. The van der Waals surface area contributed by atoms with Crippen molar-refractivity contribution < 1.29 is 14.3 Å². The Morgan fingerprint density at radius 2 is 1.67 bits per heavy atom. The van der Waals surface area contributed by atoms with E-state index in [0.717, 1.165) is 11.1 Å². The smallest absolute Gasteiger partial charge is 0.276 e. The van der Waals surface area contributed by atoms with Gasteiger partial charge in [0.1, 0.15) is 5.75 Å². The number of hydrogen-bond acceptors (Lipinski definition) is 3. The SMILES string of the molecule is Cc1ccccc1OCC(=O)NNC(=O)c1ccc(C(C)C)cc1. The average molecular weight is 326 g/mol. The van der Waals surface area contributed by atoms with Gasteiger partial charge in [-0.3, -0.25) is 20.4 Å². The molecule has 0 unspecified atom stereocenters. The second kappa shape index (κ2) is 8.15. The van der Waals surface area contributed by atoms with Crippen molar-refractivity contribution in [1.29, 1.82) is 0 Å². The summed E-state index contributed by atoms with van der Waals surface area (Å²) in [5.41, 5.74) is 7.31. The maximum Gasteiger partial charge on any atom is 0.276 e. The Balaban J connectivity index is 1.80. The molecule has 0 atom stereocenters. The highest BCUT2D eigenvalue weighted by molar-refractivity contribution is 5.95. The van der Waals surface area contributed by atoms with Crippen molar-refractivity contribution in [3.63, 3.8) is 0 Å². The summed E-state index contributed by atoms with van der Waals surface area (Å²) in [6, 6.07) is 14.7. The van der Waals surface area contributed by atoms with Gasteiger partial charge in [0.05, 0.1) is 0 Å². The van der Waals surface area contributed by atoms with Gasteiger partial charge in [0.15, 0.2) is 6.61 Å². The van der Waals surface area contributed by atoms with Crippen LogP contribution >= 0.6 is 0 Å². The number of hydrogen-bond donors (Lipinski definition) is 2. The van der Waals surface area contributed by atoms with Crippen LogP contribution in [0.15, 0.2) is 48.5 Å². The van der Waals surface area contributed by atoms with Gasteiger partial charge in [0, 0.05) is 5.56 Å². The van der Waals surface area contributed by atoms with Crippen molar-refractivity contribution in [2.24, 2.45) is 0 Å². The molecule has 0 aliphatic carbocycles. The van der Waals surface area contributed by atoms with E-state index in [1.165, 1.54) is 0 Å². The molecular formula is C19H22N2O3. The lowest BCUT2D eigenvalue weighted by atomic mass is 10.0. The lowest BCUT2D eigenvalue weighted by molar-refractivity contribution is -0.123. The van der Waals surface area contributed by atoms with Crippen molar-refractivity contribution >= 4 is 11.8 Å². The first kappa shape index (κ1) is 17.5. The van der Waals surface area contributed by atoms with Gasteiger partial charge >= 0.3 is 0 Å². The van der Waals surface area contributed by atoms with Crippen molar-refractivity contribution in [3.05, 3.63) is 65.2 Å². The minimum absolute atomic E-state index is 0.169. The standard InChI is InChI=1S/C19H22N2O3/c1-13(2)15-8-10-16(11-9-15)19(23)21-20-18(22)12-24-17-7-5-4-6-14(17)3/h4-11,13H,12H2,1-3H3,(H,20,22)(H,21,23). The van der Waals surface area contributed by atoms with Crippen LogP contribution in [-0.4, -0.2) is 18.4 Å². The number of benzene rings is 2. The molecule has 2 aromatic carbocycles. The highest BCUT2D eigenvalue weighted by Gasteiger charge is 2.09. The number of amides is 2. The summed E-state index contributed by atoms with van der Waals surface area (Å²) in [6.45, 7) is 5.90. The topological polar surface area (TPSA) is 67.4 Å². The van der Waals surface area contributed by atoms with Gasteiger partial charge < -0.3 is 4.74 Å². The number of para-hydroxylation sites is 1. The van der Waals surface area contributed by atoms with Crippen LogP contribution in [0.2, 0.25) is 0 Å². The van der Waals surface area contributed by atoms with Gasteiger partial charge in [-0.05, 0) is 42.2 Å². The van der Waals surface area contributed by atoms with Crippen LogP contribution in [0.4, 0.5) is 0 Å². The third-order valence-electron chi connectivity index (χ3n) is 3.61. The number of aryl methyl sites for hydroxylation is 1. The van der Waals surface area contributed by atoms with Gasteiger partial charge in [0.2, 0.25) is 0 Å². The first-order valence-corrected chi connectivity index (χ1v) is 7.85. The third kappa shape index (κ3) is 4.84. The summed E-state index contributed by atoms with van der Waals surface area (Å²) >= 11 is 0. The molecule has 0 radical (unpaired) electrons. The van der Waals surface area contributed by atoms with E-state index >= 15 is 0 Å². The molecule has 24 heavy (non-hydrogen) atoms. The molecular weight excluding hydrogens is 304 g/mol. The number of nitrogens with one attached hydrogen (secondary N) is 2. The molecule has 0 saturated carbocycles. The van der Waals surface area contributed by atoms with Gasteiger partial charge in [-0.1, -0.05) is 44.2 Å². The average Bonchev–Trinajstić information content (AvgIpc) is 2.59. The number of carbonyl (C=O) groups excluding carboxylic acids is 2. The summed E-state index contributed by atoms with van der Waals surface area (Å²) in [4.78, 5) is 23.7. The van der Waals surface area contributed by atoms with Crippen LogP contribution in [-0.2, 0) is 4.79 Å². The Labute approximate surface area is 142 Å². The van der Waals surface area contributed by atoms with Crippen LogP contribution in [0.5, 0.6) is 5.75 Å². The van der Waals surface area contributed by atoms with Crippen LogP contribution < -0.4 is 15.6 Å². The van der Waals surface area contributed by atoms with Crippen molar-refractivity contribution in [2.45, 2.75) is 26.7 Å². The molecule has 0 spiro atoms. The first-order chi connectivity index (χ1) is 11.5. The first-order valence-electron chi connectivity index (χ1n) is 7.85. The normalized spacial score (nSPS) is 10.3. The fourth-order valence-electron chi connectivity index (χ4n) is 2.12. The Morgan fingerprint density at radius 1 is 1.00 bits per heavy atom. The molecule has 0 aromatic heterocycles. The van der Waals surface area contributed by atoms with E-state index in [0.29, 0.717) is 17.2 Å². The van der Waals surface area contributed by atoms with Crippen molar-refractivity contribution in [3.8, 4) is 5.75 Å². The molecule has 0 fully saturated rings. The fourth-order valence-corrected chi connectivity index (χ4v) is 2.12. The van der Waals surface area contributed by atoms with Crippen molar-refractivity contribution in [2.75, 3.05) is 6.61 Å². The molecule has 2 aromatic rings. The second-order valence-electron chi connectivity index (χ2n) is 5.83. The molecule has 0 bridgehead atoms. The maximum absolute atomic E-state index is 12.0. The van der Waals surface area contributed by atoms with E-state index in [2.05, 4.69) is 24.7 Å². The van der Waals surface area contributed by atoms with E-state index < -0.39 is 5.91 Å². The Kier molecular flexibility index (Phi) is 5.95. The van der Waals surface area contributed by atoms with Gasteiger partial charge in [-0.15, -0.1) is 0 Å². The maximum atomic E-state index is 12.0. The fraction of sp³-hybridized carbons (Fsp3) is 0.263. The summed E-state index contributed by atoms with van der Waals surface area (Å²) < 4.78 is 5.42. The molecule has 2 rings (SSSR count).